The summed E-state index contributed by atoms with van der Waals surface area (Å²) in [5.74, 6) is 0.445. The minimum Gasteiger partial charge on any atom is -0.481 e. The number of amides is 1. The van der Waals surface area contributed by atoms with Gasteiger partial charge in [0.05, 0.1) is 10.9 Å². The molecule has 5 nitrogen and oxygen atoms in total. The molecule has 1 amide bonds. The molecule has 0 aliphatic carbocycles. The lowest BCUT2D eigenvalue weighted by Crippen LogP contribution is -2.39. The summed E-state index contributed by atoms with van der Waals surface area (Å²) in [6, 6.07) is 15.5. The van der Waals surface area contributed by atoms with E-state index >= 15 is 0 Å². The highest BCUT2D eigenvalue weighted by Gasteiger charge is 2.20. The van der Waals surface area contributed by atoms with Crippen molar-refractivity contribution < 1.29 is 17.9 Å². The van der Waals surface area contributed by atoms with Gasteiger partial charge in [-0.25, -0.2) is 8.42 Å². The van der Waals surface area contributed by atoms with Gasteiger partial charge in [0.25, 0.3) is 5.91 Å². The highest BCUT2D eigenvalue weighted by molar-refractivity contribution is 7.90. The molecule has 2 unspecified atom stereocenters. The first-order valence-electron chi connectivity index (χ1n) is 8.13. The molecule has 2 atom stereocenters. The second-order valence-corrected chi connectivity index (χ2v) is 7.92. The Morgan fingerprint density at radius 1 is 1.08 bits per heavy atom. The molecule has 0 aliphatic rings. The van der Waals surface area contributed by atoms with Crippen molar-refractivity contribution in [1.82, 2.24) is 5.32 Å². The van der Waals surface area contributed by atoms with E-state index in [0.717, 1.165) is 5.56 Å². The van der Waals surface area contributed by atoms with Crippen LogP contribution in [0.15, 0.2) is 59.5 Å². The molecule has 0 saturated heterocycles. The van der Waals surface area contributed by atoms with Gasteiger partial charge < -0.3 is 10.1 Å². The first-order valence-corrected chi connectivity index (χ1v) is 10.0. The van der Waals surface area contributed by atoms with Gasteiger partial charge in [0.2, 0.25) is 0 Å². The molecule has 0 bridgehead atoms. The van der Waals surface area contributed by atoms with Crippen molar-refractivity contribution in [2.45, 2.75) is 37.3 Å². The van der Waals surface area contributed by atoms with Crippen LogP contribution in [0.4, 0.5) is 0 Å². The SMILES string of the molecule is CCC(Oc1ccccc1)C(=O)NC(C)c1ccc(S(C)(=O)=O)cc1. The predicted molar refractivity (Wildman–Crippen MR) is 97.3 cm³/mol. The first kappa shape index (κ1) is 19.0. The first-order chi connectivity index (χ1) is 11.8. The van der Waals surface area contributed by atoms with Crippen LogP contribution in [0.1, 0.15) is 31.9 Å². The van der Waals surface area contributed by atoms with Gasteiger partial charge in [-0.05, 0) is 43.2 Å². The second-order valence-electron chi connectivity index (χ2n) is 5.90. The zero-order valence-electron chi connectivity index (χ0n) is 14.6. The number of carbonyl (C=O) groups excluding carboxylic acids is 1. The van der Waals surface area contributed by atoms with Gasteiger partial charge in [-0.2, -0.15) is 0 Å². The Morgan fingerprint density at radius 2 is 1.68 bits per heavy atom. The summed E-state index contributed by atoms with van der Waals surface area (Å²) in [4.78, 5) is 12.7. The zero-order chi connectivity index (χ0) is 18.4. The highest BCUT2D eigenvalue weighted by atomic mass is 32.2. The number of nitrogens with one attached hydrogen (secondary N) is 1. The van der Waals surface area contributed by atoms with Gasteiger partial charge in [-0.3, -0.25) is 4.79 Å². The molecule has 0 aliphatic heterocycles. The summed E-state index contributed by atoms with van der Waals surface area (Å²) in [5, 5.41) is 2.91. The van der Waals surface area contributed by atoms with Crippen molar-refractivity contribution in [2.24, 2.45) is 0 Å². The average Bonchev–Trinajstić information content (AvgIpc) is 2.59. The quantitative estimate of drug-likeness (QED) is 0.822. The van der Waals surface area contributed by atoms with Crippen LogP contribution in [0.5, 0.6) is 5.75 Å². The Balaban J connectivity index is 2.02. The number of rotatable bonds is 7. The number of ether oxygens (including phenoxy) is 1. The molecule has 0 aromatic heterocycles. The molecule has 2 aromatic rings. The molecule has 0 radical (unpaired) electrons. The lowest BCUT2D eigenvalue weighted by Gasteiger charge is -2.21. The van der Waals surface area contributed by atoms with E-state index in [4.69, 9.17) is 4.74 Å². The van der Waals surface area contributed by atoms with E-state index in [0.29, 0.717) is 12.2 Å². The van der Waals surface area contributed by atoms with E-state index < -0.39 is 15.9 Å². The summed E-state index contributed by atoms with van der Waals surface area (Å²) in [5.41, 5.74) is 0.829. The molecule has 0 spiro atoms. The monoisotopic (exact) mass is 361 g/mol. The fourth-order valence-electron chi connectivity index (χ4n) is 2.38. The van der Waals surface area contributed by atoms with Crippen LogP contribution >= 0.6 is 0 Å². The van der Waals surface area contributed by atoms with Crippen LogP contribution < -0.4 is 10.1 Å². The van der Waals surface area contributed by atoms with Crippen molar-refractivity contribution in [3.63, 3.8) is 0 Å². The molecule has 1 N–H and O–H groups in total. The van der Waals surface area contributed by atoms with Crippen molar-refractivity contribution in [3.8, 4) is 5.75 Å². The van der Waals surface area contributed by atoms with Crippen LogP contribution in [0.2, 0.25) is 0 Å². The summed E-state index contributed by atoms with van der Waals surface area (Å²) >= 11 is 0. The highest BCUT2D eigenvalue weighted by Crippen LogP contribution is 2.18. The maximum atomic E-state index is 12.5. The number of sulfone groups is 1. The van der Waals surface area contributed by atoms with E-state index in [2.05, 4.69) is 5.32 Å². The largest absolute Gasteiger partial charge is 0.481 e. The lowest BCUT2D eigenvalue weighted by molar-refractivity contribution is -0.128. The van der Waals surface area contributed by atoms with Gasteiger partial charge in [0.1, 0.15) is 5.75 Å². The molecule has 0 fully saturated rings. The Hall–Kier alpha value is -2.34. The third kappa shape index (κ3) is 5.32. The molecule has 0 heterocycles. The van der Waals surface area contributed by atoms with Crippen LogP contribution in [0, 0.1) is 0 Å². The molecule has 134 valence electrons. The molecule has 0 saturated carbocycles. The van der Waals surface area contributed by atoms with Crippen molar-refractivity contribution >= 4 is 15.7 Å². The zero-order valence-corrected chi connectivity index (χ0v) is 15.4. The summed E-state index contributed by atoms with van der Waals surface area (Å²) < 4.78 is 28.7. The number of hydrogen-bond donors (Lipinski definition) is 1. The van der Waals surface area contributed by atoms with E-state index in [1.807, 2.05) is 44.2 Å². The molecule has 25 heavy (non-hydrogen) atoms. The van der Waals surface area contributed by atoms with Crippen LogP contribution in [0.3, 0.4) is 0 Å². The Bertz CT molecular complexity index is 801. The van der Waals surface area contributed by atoms with Gasteiger partial charge in [0.15, 0.2) is 15.9 Å². The van der Waals surface area contributed by atoms with Gasteiger partial charge >= 0.3 is 0 Å². The molecule has 2 rings (SSSR count). The van der Waals surface area contributed by atoms with E-state index in [1.165, 1.54) is 6.26 Å². The third-order valence-electron chi connectivity index (χ3n) is 3.85. The second kappa shape index (κ2) is 8.16. The van der Waals surface area contributed by atoms with Crippen LogP contribution in [-0.4, -0.2) is 26.7 Å². The number of para-hydroxylation sites is 1. The summed E-state index contributed by atoms with van der Waals surface area (Å²) in [6.45, 7) is 3.74. The van der Waals surface area contributed by atoms with E-state index in [-0.39, 0.29) is 16.8 Å². The average molecular weight is 361 g/mol. The summed E-state index contributed by atoms with van der Waals surface area (Å²) in [6.07, 6.45) is 1.13. The van der Waals surface area contributed by atoms with Gasteiger partial charge in [0, 0.05) is 6.26 Å². The Labute approximate surface area is 148 Å². The standard InChI is InChI=1S/C19H23NO4S/c1-4-18(24-16-8-6-5-7-9-16)19(21)20-14(2)15-10-12-17(13-11-15)25(3,22)23/h5-14,18H,4H2,1-3H3,(H,20,21). The number of carbonyl (C=O) groups is 1. The fraction of sp³-hybridized carbons (Fsp3) is 0.316. The topological polar surface area (TPSA) is 72.5 Å². The number of benzene rings is 2. The third-order valence-corrected chi connectivity index (χ3v) is 4.98. The summed E-state index contributed by atoms with van der Waals surface area (Å²) in [7, 11) is -3.23. The lowest BCUT2D eigenvalue weighted by atomic mass is 10.1. The van der Waals surface area contributed by atoms with Gasteiger partial charge in [-0.1, -0.05) is 37.3 Å². The van der Waals surface area contributed by atoms with Crippen LogP contribution in [-0.2, 0) is 14.6 Å². The molecular formula is C19H23NO4S. The number of hydrogen-bond acceptors (Lipinski definition) is 4. The Kier molecular flexibility index (Phi) is 6.20. The van der Waals surface area contributed by atoms with E-state index in [9.17, 15) is 13.2 Å². The maximum absolute atomic E-state index is 12.5. The molecular weight excluding hydrogens is 338 g/mol. The normalized spacial score (nSPS) is 13.7. The van der Waals surface area contributed by atoms with Crippen LogP contribution in [0.25, 0.3) is 0 Å². The fourth-order valence-corrected chi connectivity index (χ4v) is 3.01. The van der Waals surface area contributed by atoms with Crippen molar-refractivity contribution in [3.05, 3.63) is 60.2 Å². The van der Waals surface area contributed by atoms with Crippen molar-refractivity contribution in [1.29, 1.82) is 0 Å². The van der Waals surface area contributed by atoms with E-state index in [1.54, 1.807) is 24.3 Å². The van der Waals surface area contributed by atoms with Crippen molar-refractivity contribution in [2.75, 3.05) is 6.26 Å². The predicted octanol–water partition coefficient (Wildman–Crippen LogP) is 3.12. The smallest absolute Gasteiger partial charge is 0.261 e. The molecule has 2 aromatic carbocycles. The van der Waals surface area contributed by atoms with Gasteiger partial charge in [-0.15, -0.1) is 0 Å². The Morgan fingerprint density at radius 3 is 2.20 bits per heavy atom. The minimum atomic E-state index is -3.23. The molecule has 6 heteroatoms. The maximum Gasteiger partial charge on any atom is 0.261 e. The minimum absolute atomic E-state index is 0.203.